The molecule has 6 nitrogen and oxygen atoms in total. The topological polar surface area (TPSA) is 59.1 Å². The third kappa shape index (κ3) is 4.24. The van der Waals surface area contributed by atoms with Gasteiger partial charge in [0.25, 0.3) is 0 Å². The largest absolute Gasteiger partial charge is 0.497 e. The summed E-state index contributed by atoms with van der Waals surface area (Å²) in [6, 6.07) is 5.48. The summed E-state index contributed by atoms with van der Waals surface area (Å²) in [5.41, 5.74) is 0.821. The van der Waals surface area contributed by atoms with Crippen LogP contribution in [0.3, 0.4) is 0 Å². The second-order valence-electron chi connectivity index (χ2n) is 6.69. The second kappa shape index (κ2) is 7.76. The summed E-state index contributed by atoms with van der Waals surface area (Å²) < 4.78 is 10.6. The summed E-state index contributed by atoms with van der Waals surface area (Å²) in [5.74, 6) is 1.97. The van der Waals surface area contributed by atoms with E-state index in [9.17, 15) is 9.59 Å². The Bertz CT molecular complexity index is 642. The second-order valence-corrected chi connectivity index (χ2v) is 6.69. The van der Waals surface area contributed by atoms with Crippen LogP contribution in [0.15, 0.2) is 18.2 Å². The van der Waals surface area contributed by atoms with Crippen molar-refractivity contribution in [3.05, 3.63) is 23.8 Å². The highest BCUT2D eigenvalue weighted by Crippen LogP contribution is 2.31. The molecule has 6 heteroatoms. The minimum absolute atomic E-state index is 0.0623. The molecule has 136 valence electrons. The minimum Gasteiger partial charge on any atom is -0.497 e. The molecule has 0 spiro atoms. The van der Waals surface area contributed by atoms with E-state index in [0.29, 0.717) is 31.1 Å². The van der Waals surface area contributed by atoms with Crippen molar-refractivity contribution in [3.63, 3.8) is 0 Å². The quantitative estimate of drug-likeness (QED) is 0.814. The van der Waals surface area contributed by atoms with Crippen LogP contribution in [-0.4, -0.2) is 62.0 Å². The summed E-state index contributed by atoms with van der Waals surface area (Å²) in [7, 11) is 3.21. The molecule has 0 atom stereocenters. The zero-order chi connectivity index (χ0) is 17.8. The van der Waals surface area contributed by atoms with Gasteiger partial charge in [-0.2, -0.15) is 0 Å². The molecule has 1 aromatic carbocycles. The summed E-state index contributed by atoms with van der Waals surface area (Å²) >= 11 is 0. The summed E-state index contributed by atoms with van der Waals surface area (Å²) in [4.78, 5) is 28.8. The molecule has 1 aliphatic carbocycles. The van der Waals surface area contributed by atoms with E-state index in [1.807, 2.05) is 28.0 Å². The van der Waals surface area contributed by atoms with Crippen molar-refractivity contribution < 1.29 is 19.1 Å². The molecule has 0 unspecified atom stereocenters. The molecule has 1 aromatic rings. The van der Waals surface area contributed by atoms with E-state index < -0.39 is 0 Å². The molecule has 25 heavy (non-hydrogen) atoms. The summed E-state index contributed by atoms with van der Waals surface area (Å²) in [6.07, 6.45) is 3.15. The van der Waals surface area contributed by atoms with Crippen molar-refractivity contribution in [2.45, 2.75) is 25.7 Å². The van der Waals surface area contributed by atoms with Crippen molar-refractivity contribution >= 4 is 11.8 Å². The number of carbonyl (C=O) groups is 2. The van der Waals surface area contributed by atoms with Gasteiger partial charge in [-0.05, 0) is 37.5 Å². The van der Waals surface area contributed by atoms with Crippen molar-refractivity contribution in [1.82, 2.24) is 9.80 Å². The first-order valence-corrected chi connectivity index (χ1v) is 8.90. The number of methoxy groups -OCH3 is 2. The van der Waals surface area contributed by atoms with Gasteiger partial charge in [0.05, 0.1) is 20.6 Å². The van der Waals surface area contributed by atoms with Gasteiger partial charge in [0.1, 0.15) is 11.5 Å². The Morgan fingerprint density at radius 3 is 2.44 bits per heavy atom. The molecule has 1 saturated carbocycles. The van der Waals surface area contributed by atoms with Gasteiger partial charge in [0, 0.05) is 37.7 Å². The molecule has 1 saturated heterocycles. The molecule has 1 aliphatic heterocycles. The highest BCUT2D eigenvalue weighted by molar-refractivity contribution is 5.82. The molecule has 0 bridgehead atoms. The fourth-order valence-corrected chi connectivity index (χ4v) is 3.27. The number of amides is 2. The predicted octanol–water partition coefficient (Wildman–Crippen LogP) is 1.72. The standard InChI is InChI=1S/C19H26N2O4/c1-24-16-6-7-17(25-2)15(12-16)13-18(22)20-8-3-9-21(11-10-20)19(23)14-4-5-14/h6-7,12,14H,3-5,8-11,13H2,1-2H3. The molecule has 0 aromatic heterocycles. The summed E-state index contributed by atoms with van der Waals surface area (Å²) in [6.45, 7) is 2.68. The van der Waals surface area contributed by atoms with Gasteiger partial charge in [-0.25, -0.2) is 0 Å². The Morgan fingerprint density at radius 2 is 1.76 bits per heavy atom. The fourth-order valence-electron chi connectivity index (χ4n) is 3.27. The van der Waals surface area contributed by atoms with E-state index in [0.717, 1.165) is 31.4 Å². The number of rotatable bonds is 5. The highest BCUT2D eigenvalue weighted by Gasteiger charge is 2.34. The lowest BCUT2D eigenvalue weighted by Crippen LogP contribution is -2.38. The van der Waals surface area contributed by atoms with Crippen molar-refractivity contribution in [3.8, 4) is 11.5 Å². The molecule has 0 radical (unpaired) electrons. The molecule has 3 rings (SSSR count). The van der Waals surface area contributed by atoms with Crippen molar-refractivity contribution in [2.75, 3.05) is 40.4 Å². The monoisotopic (exact) mass is 346 g/mol. The maximum atomic E-state index is 12.7. The Kier molecular flexibility index (Phi) is 5.46. The first-order valence-electron chi connectivity index (χ1n) is 8.90. The molecular weight excluding hydrogens is 320 g/mol. The summed E-state index contributed by atoms with van der Waals surface area (Å²) in [5, 5.41) is 0. The van der Waals surface area contributed by atoms with E-state index in [2.05, 4.69) is 0 Å². The number of nitrogens with zero attached hydrogens (tertiary/aromatic N) is 2. The SMILES string of the molecule is COc1ccc(OC)c(CC(=O)N2CCCN(C(=O)C3CC3)CC2)c1. The van der Waals surface area contributed by atoms with E-state index >= 15 is 0 Å². The van der Waals surface area contributed by atoms with Crippen molar-refractivity contribution in [1.29, 1.82) is 0 Å². The number of hydrogen-bond acceptors (Lipinski definition) is 4. The van der Waals surface area contributed by atoms with E-state index in [1.54, 1.807) is 14.2 Å². The fraction of sp³-hybridized carbons (Fsp3) is 0.579. The van der Waals surface area contributed by atoms with Crippen LogP contribution in [0, 0.1) is 5.92 Å². The Hall–Kier alpha value is -2.24. The zero-order valence-electron chi connectivity index (χ0n) is 15.0. The van der Waals surface area contributed by atoms with Crippen molar-refractivity contribution in [2.24, 2.45) is 5.92 Å². The Morgan fingerprint density at radius 1 is 1.04 bits per heavy atom. The maximum Gasteiger partial charge on any atom is 0.227 e. The first-order chi connectivity index (χ1) is 12.1. The lowest BCUT2D eigenvalue weighted by Gasteiger charge is -2.22. The van der Waals surface area contributed by atoms with Gasteiger partial charge in [-0.3, -0.25) is 9.59 Å². The van der Waals surface area contributed by atoms with Gasteiger partial charge < -0.3 is 19.3 Å². The number of benzene rings is 1. The van der Waals surface area contributed by atoms with Crippen LogP contribution < -0.4 is 9.47 Å². The lowest BCUT2D eigenvalue weighted by molar-refractivity contribution is -0.134. The Balaban J connectivity index is 1.62. The smallest absolute Gasteiger partial charge is 0.227 e. The van der Waals surface area contributed by atoms with Crippen LogP contribution in [0.25, 0.3) is 0 Å². The maximum absolute atomic E-state index is 12.7. The van der Waals surface area contributed by atoms with Gasteiger partial charge in [-0.1, -0.05) is 0 Å². The van der Waals surface area contributed by atoms with Crippen LogP contribution in [0.2, 0.25) is 0 Å². The van der Waals surface area contributed by atoms with Gasteiger partial charge >= 0.3 is 0 Å². The molecular formula is C19H26N2O4. The predicted molar refractivity (Wildman–Crippen MR) is 93.8 cm³/mol. The first kappa shape index (κ1) is 17.6. The van der Waals surface area contributed by atoms with Crippen LogP contribution in [-0.2, 0) is 16.0 Å². The lowest BCUT2D eigenvalue weighted by atomic mass is 10.1. The average Bonchev–Trinajstić information content (AvgIpc) is 3.47. The molecule has 1 heterocycles. The van der Waals surface area contributed by atoms with E-state index in [4.69, 9.17) is 9.47 Å². The van der Waals surface area contributed by atoms with Crippen LogP contribution in [0.1, 0.15) is 24.8 Å². The molecule has 2 amide bonds. The third-order valence-corrected chi connectivity index (χ3v) is 4.92. The number of carbonyl (C=O) groups excluding carboxylic acids is 2. The van der Waals surface area contributed by atoms with Gasteiger partial charge in [0.15, 0.2) is 0 Å². The normalized spacial score (nSPS) is 17.8. The molecule has 2 aliphatic rings. The molecule has 2 fully saturated rings. The molecule has 0 N–H and O–H groups in total. The van der Waals surface area contributed by atoms with Crippen LogP contribution >= 0.6 is 0 Å². The number of ether oxygens (including phenoxy) is 2. The van der Waals surface area contributed by atoms with Crippen LogP contribution in [0.5, 0.6) is 11.5 Å². The number of hydrogen-bond donors (Lipinski definition) is 0. The third-order valence-electron chi connectivity index (χ3n) is 4.92. The van der Waals surface area contributed by atoms with Gasteiger partial charge in [-0.15, -0.1) is 0 Å². The van der Waals surface area contributed by atoms with E-state index in [1.165, 1.54) is 0 Å². The van der Waals surface area contributed by atoms with Gasteiger partial charge in [0.2, 0.25) is 11.8 Å². The van der Waals surface area contributed by atoms with Crippen LogP contribution in [0.4, 0.5) is 0 Å². The minimum atomic E-state index is 0.0623. The highest BCUT2D eigenvalue weighted by atomic mass is 16.5. The average molecular weight is 346 g/mol. The zero-order valence-corrected chi connectivity index (χ0v) is 15.0. The van der Waals surface area contributed by atoms with E-state index in [-0.39, 0.29) is 24.2 Å². The Labute approximate surface area is 148 Å².